The summed E-state index contributed by atoms with van der Waals surface area (Å²) in [6, 6.07) is 7.17. The summed E-state index contributed by atoms with van der Waals surface area (Å²) in [5.41, 5.74) is 1.11. The van der Waals surface area contributed by atoms with E-state index in [1.807, 2.05) is 32.9 Å². The number of ketones is 1. The summed E-state index contributed by atoms with van der Waals surface area (Å²) in [5, 5.41) is 0. The zero-order chi connectivity index (χ0) is 21.7. The Labute approximate surface area is 177 Å². The van der Waals surface area contributed by atoms with Crippen molar-refractivity contribution in [2.45, 2.75) is 32.8 Å². The maximum Gasteiger partial charge on any atom is 0.410 e. The average molecular weight is 409 g/mol. The largest absolute Gasteiger partial charge is 0.444 e. The monoisotopic (exact) mass is 408 g/mol. The number of ether oxygens (including phenoxy) is 1. The molecule has 158 valence electrons. The number of amides is 1. The van der Waals surface area contributed by atoms with Crippen molar-refractivity contribution >= 4 is 23.8 Å². The first-order valence-electron chi connectivity index (χ1n) is 10.1. The third kappa shape index (κ3) is 5.43. The Balaban J connectivity index is 1.72. The van der Waals surface area contributed by atoms with Gasteiger partial charge in [-0.1, -0.05) is 18.7 Å². The smallest absolute Gasteiger partial charge is 0.410 e. The molecule has 1 amide bonds. The number of carbonyl (C=O) groups is 2. The van der Waals surface area contributed by atoms with Gasteiger partial charge in [-0.25, -0.2) is 9.78 Å². The number of anilines is 1. The van der Waals surface area contributed by atoms with Gasteiger partial charge in [0.25, 0.3) is 0 Å². The molecule has 2 aromatic rings. The minimum absolute atomic E-state index is 0.182. The van der Waals surface area contributed by atoms with Gasteiger partial charge in [-0.05, 0) is 51.0 Å². The molecule has 7 heteroatoms. The Kier molecular flexibility index (Phi) is 6.50. The number of hydrogen-bond acceptors (Lipinski definition) is 6. The fraction of sp³-hybridized carbons (Fsp3) is 0.391. The second kappa shape index (κ2) is 9.07. The van der Waals surface area contributed by atoms with Gasteiger partial charge in [-0.15, -0.1) is 0 Å². The molecule has 0 unspecified atom stereocenters. The number of carbonyl (C=O) groups excluding carboxylic acids is 2. The number of rotatable bonds is 4. The molecule has 1 fully saturated rings. The Hall–Kier alpha value is -3.22. The van der Waals surface area contributed by atoms with E-state index in [9.17, 15) is 9.59 Å². The minimum Gasteiger partial charge on any atom is -0.444 e. The highest BCUT2D eigenvalue weighted by Crippen LogP contribution is 2.18. The van der Waals surface area contributed by atoms with Gasteiger partial charge in [0.1, 0.15) is 17.1 Å². The van der Waals surface area contributed by atoms with Crippen LogP contribution in [-0.2, 0) is 4.74 Å². The molecule has 30 heavy (non-hydrogen) atoms. The lowest BCUT2D eigenvalue weighted by Gasteiger charge is -2.26. The van der Waals surface area contributed by atoms with E-state index >= 15 is 0 Å². The van der Waals surface area contributed by atoms with Crippen molar-refractivity contribution in [2.24, 2.45) is 0 Å². The maximum absolute atomic E-state index is 12.9. The molecule has 0 aromatic carbocycles. The van der Waals surface area contributed by atoms with Gasteiger partial charge in [0.15, 0.2) is 0 Å². The molecule has 0 atom stereocenters. The highest BCUT2D eigenvalue weighted by atomic mass is 16.6. The molecule has 0 spiro atoms. The zero-order valence-corrected chi connectivity index (χ0v) is 17.8. The molecule has 1 aliphatic heterocycles. The zero-order valence-electron chi connectivity index (χ0n) is 17.8. The van der Waals surface area contributed by atoms with E-state index in [-0.39, 0.29) is 11.9 Å². The SMILES string of the molecule is C=Cc1cncc(C(=O)c2cccc(N3CCCN(C(=O)OC(C)(C)C)CC3)n2)c1. The number of hydrogen-bond donors (Lipinski definition) is 0. The van der Waals surface area contributed by atoms with Crippen LogP contribution in [0, 0.1) is 0 Å². The van der Waals surface area contributed by atoms with Crippen LogP contribution in [0.1, 0.15) is 48.8 Å². The Bertz CT molecular complexity index is 936. The van der Waals surface area contributed by atoms with Gasteiger partial charge in [0, 0.05) is 44.1 Å². The van der Waals surface area contributed by atoms with Gasteiger partial charge in [0.2, 0.25) is 5.78 Å². The van der Waals surface area contributed by atoms with Gasteiger partial charge in [0.05, 0.1) is 0 Å². The molecule has 0 saturated carbocycles. The molecular formula is C23H28N4O3. The first-order valence-corrected chi connectivity index (χ1v) is 10.1. The fourth-order valence-electron chi connectivity index (χ4n) is 3.22. The summed E-state index contributed by atoms with van der Waals surface area (Å²) >= 11 is 0. The van der Waals surface area contributed by atoms with Crippen LogP contribution < -0.4 is 4.90 Å². The second-order valence-corrected chi connectivity index (χ2v) is 8.23. The molecule has 7 nitrogen and oxygen atoms in total. The predicted octanol–water partition coefficient (Wildman–Crippen LogP) is 3.80. The molecule has 0 radical (unpaired) electrons. The van der Waals surface area contributed by atoms with E-state index in [0.29, 0.717) is 30.9 Å². The lowest BCUT2D eigenvalue weighted by molar-refractivity contribution is 0.0263. The molecular weight excluding hydrogens is 380 g/mol. The predicted molar refractivity (Wildman–Crippen MR) is 117 cm³/mol. The average Bonchev–Trinajstić information content (AvgIpc) is 2.98. The minimum atomic E-state index is -0.517. The molecule has 2 aromatic heterocycles. The van der Waals surface area contributed by atoms with E-state index in [4.69, 9.17) is 4.74 Å². The maximum atomic E-state index is 12.9. The van der Waals surface area contributed by atoms with Crippen LogP contribution in [0.25, 0.3) is 6.08 Å². The summed E-state index contributed by atoms with van der Waals surface area (Å²) in [5.74, 6) is 0.540. The standard InChI is InChI=1S/C23H28N4O3/c1-5-17-14-18(16-24-15-17)21(28)19-8-6-9-20(25-19)26-10-7-11-27(13-12-26)22(29)30-23(2,3)4/h5-6,8-9,14-16H,1,7,10-13H2,2-4H3. The molecule has 0 bridgehead atoms. The number of pyridine rings is 2. The Morgan fingerprint density at radius 2 is 1.93 bits per heavy atom. The van der Waals surface area contributed by atoms with Crippen molar-refractivity contribution in [2.75, 3.05) is 31.1 Å². The molecule has 1 saturated heterocycles. The van der Waals surface area contributed by atoms with E-state index in [2.05, 4.69) is 21.4 Å². The molecule has 1 aliphatic rings. The highest BCUT2D eigenvalue weighted by molar-refractivity contribution is 6.07. The van der Waals surface area contributed by atoms with E-state index in [1.54, 1.807) is 29.3 Å². The topological polar surface area (TPSA) is 75.6 Å². The third-order valence-electron chi connectivity index (χ3n) is 4.70. The molecule has 0 N–H and O–H groups in total. The van der Waals surface area contributed by atoms with Crippen molar-refractivity contribution in [3.63, 3.8) is 0 Å². The van der Waals surface area contributed by atoms with Gasteiger partial charge in [-0.2, -0.15) is 0 Å². The second-order valence-electron chi connectivity index (χ2n) is 8.23. The normalized spacial score (nSPS) is 14.8. The van der Waals surface area contributed by atoms with Crippen LogP contribution in [-0.4, -0.2) is 58.5 Å². The quantitative estimate of drug-likeness (QED) is 0.717. The Morgan fingerprint density at radius 3 is 2.67 bits per heavy atom. The lowest BCUT2D eigenvalue weighted by Crippen LogP contribution is -2.39. The fourth-order valence-corrected chi connectivity index (χ4v) is 3.22. The lowest BCUT2D eigenvalue weighted by atomic mass is 10.1. The van der Waals surface area contributed by atoms with Crippen molar-refractivity contribution in [1.82, 2.24) is 14.9 Å². The first kappa shape index (κ1) is 21.5. The number of aromatic nitrogens is 2. The van der Waals surface area contributed by atoms with Gasteiger partial charge >= 0.3 is 6.09 Å². The highest BCUT2D eigenvalue weighted by Gasteiger charge is 2.25. The summed E-state index contributed by atoms with van der Waals surface area (Å²) in [7, 11) is 0. The van der Waals surface area contributed by atoms with Gasteiger partial charge < -0.3 is 14.5 Å². The van der Waals surface area contributed by atoms with E-state index in [1.165, 1.54) is 6.20 Å². The van der Waals surface area contributed by atoms with Crippen LogP contribution in [0.4, 0.5) is 10.6 Å². The van der Waals surface area contributed by atoms with Crippen molar-refractivity contribution < 1.29 is 14.3 Å². The summed E-state index contributed by atoms with van der Waals surface area (Å²) < 4.78 is 5.49. The van der Waals surface area contributed by atoms with Crippen LogP contribution in [0.3, 0.4) is 0 Å². The third-order valence-corrected chi connectivity index (χ3v) is 4.70. The van der Waals surface area contributed by atoms with E-state index < -0.39 is 5.60 Å². The van der Waals surface area contributed by atoms with Crippen LogP contribution in [0.15, 0.2) is 43.2 Å². The van der Waals surface area contributed by atoms with Crippen LogP contribution in [0.5, 0.6) is 0 Å². The van der Waals surface area contributed by atoms with Crippen molar-refractivity contribution in [3.8, 4) is 0 Å². The summed E-state index contributed by atoms with van der Waals surface area (Å²) in [6.45, 7) is 11.8. The summed E-state index contributed by atoms with van der Waals surface area (Å²) in [4.78, 5) is 37.8. The van der Waals surface area contributed by atoms with Crippen molar-refractivity contribution in [3.05, 3.63) is 60.1 Å². The van der Waals surface area contributed by atoms with E-state index in [0.717, 1.165) is 24.3 Å². The Morgan fingerprint density at radius 1 is 1.13 bits per heavy atom. The van der Waals surface area contributed by atoms with Crippen LogP contribution >= 0.6 is 0 Å². The number of nitrogens with zero attached hydrogens (tertiary/aromatic N) is 4. The first-order chi connectivity index (χ1) is 14.3. The molecule has 3 rings (SSSR count). The molecule has 3 heterocycles. The van der Waals surface area contributed by atoms with Gasteiger partial charge in [-0.3, -0.25) is 9.78 Å². The molecule has 0 aliphatic carbocycles. The van der Waals surface area contributed by atoms with Crippen molar-refractivity contribution in [1.29, 1.82) is 0 Å². The summed E-state index contributed by atoms with van der Waals surface area (Å²) in [6.07, 6.45) is 5.34. The van der Waals surface area contributed by atoms with Crippen LogP contribution in [0.2, 0.25) is 0 Å².